The average molecular weight is 313 g/mol. The van der Waals surface area contributed by atoms with Gasteiger partial charge >= 0.3 is 0 Å². The molecule has 2 rings (SSSR count). The molecule has 0 atom stereocenters. The van der Waals surface area contributed by atoms with Gasteiger partial charge in [-0.1, -0.05) is 12.1 Å². The number of ether oxygens (including phenoxy) is 1. The summed E-state index contributed by atoms with van der Waals surface area (Å²) in [5, 5.41) is 9.20. The van der Waals surface area contributed by atoms with Gasteiger partial charge in [0.25, 0.3) is 0 Å². The number of nitrogens with one attached hydrogen (secondary N) is 1. The van der Waals surface area contributed by atoms with Gasteiger partial charge in [-0.05, 0) is 49.3 Å². The lowest BCUT2D eigenvalue weighted by atomic mass is 10.1. The highest BCUT2D eigenvalue weighted by atomic mass is 32.2. The third-order valence-electron chi connectivity index (χ3n) is 3.66. The van der Waals surface area contributed by atoms with E-state index in [4.69, 9.17) is 4.74 Å². The van der Waals surface area contributed by atoms with Crippen molar-refractivity contribution in [3.63, 3.8) is 0 Å². The van der Waals surface area contributed by atoms with Crippen molar-refractivity contribution in [1.29, 1.82) is 0 Å². The van der Waals surface area contributed by atoms with Crippen LogP contribution in [-0.4, -0.2) is 33.3 Å². The zero-order chi connectivity index (χ0) is 15.3. The lowest BCUT2D eigenvalue weighted by molar-refractivity contribution is 0.123. The Morgan fingerprint density at radius 3 is 2.81 bits per heavy atom. The summed E-state index contributed by atoms with van der Waals surface area (Å²) >= 11 is 0. The largest absolute Gasteiger partial charge is 0.392 e. The molecule has 21 heavy (non-hydrogen) atoms. The third kappa shape index (κ3) is 4.78. The minimum absolute atomic E-state index is 0.162. The first-order valence-electron chi connectivity index (χ1n) is 7.31. The van der Waals surface area contributed by atoms with Crippen LogP contribution in [0.4, 0.5) is 0 Å². The van der Waals surface area contributed by atoms with E-state index in [1.807, 2.05) is 0 Å². The van der Waals surface area contributed by atoms with E-state index in [9.17, 15) is 13.5 Å². The zero-order valence-electron chi connectivity index (χ0n) is 12.3. The highest BCUT2D eigenvalue weighted by Gasteiger charge is 2.21. The Balaban J connectivity index is 1.83. The van der Waals surface area contributed by atoms with Gasteiger partial charge in [-0.3, -0.25) is 0 Å². The first-order chi connectivity index (χ1) is 10.0. The number of hydrogen-bond donors (Lipinski definition) is 2. The number of benzene rings is 1. The zero-order valence-corrected chi connectivity index (χ0v) is 13.2. The fourth-order valence-electron chi connectivity index (χ4n) is 2.12. The van der Waals surface area contributed by atoms with Gasteiger partial charge in [-0.15, -0.1) is 0 Å². The molecular formula is C15H23NO4S. The molecule has 5 nitrogen and oxygen atoms in total. The summed E-state index contributed by atoms with van der Waals surface area (Å²) in [4.78, 5) is 0.230. The van der Waals surface area contributed by atoms with E-state index >= 15 is 0 Å². The molecule has 0 heterocycles. The summed E-state index contributed by atoms with van der Waals surface area (Å²) < 4.78 is 32.5. The third-order valence-corrected chi connectivity index (χ3v) is 5.27. The molecule has 0 amide bonds. The van der Waals surface area contributed by atoms with Crippen molar-refractivity contribution in [3.05, 3.63) is 29.3 Å². The molecule has 0 saturated heterocycles. The Hall–Kier alpha value is -0.950. The van der Waals surface area contributed by atoms with Crippen molar-refractivity contribution in [2.45, 2.75) is 37.7 Å². The van der Waals surface area contributed by atoms with Crippen LogP contribution in [0, 0.1) is 12.8 Å². The van der Waals surface area contributed by atoms with E-state index in [0.717, 1.165) is 12.5 Å². The average Bonchev–Trinajstić information content (AvgIpc) is 3.27. The van der Waals surface area contributed by atoms with Gasteiger partial charge in [-0.25, -0.2) is 13.1 Å². The van der Waals surface area contributed by atoms with Crippen LogP contribution in [0.25, 0.3) is 0 Å². The molecule has 6 heteroatoms. The summed E-state index contributed by atoms with van der Waals surface area (Å²) in [7, 11) is -3.53. The molecule has 2 N–H and O–H groups in total. The maximum atomic E-state index is 12.2. The van der Waals surface area contributed by atoms with Gasteiger partial charge in [0, 0.05) is 19.8 Å². The maximum absolute atomic E-state index is 12.2. The predicted molar refractivity (Wildman–Crippen MR) is 80.5 cm³/mol. The first kappa shape index (κ1) is 16.4. The summed E-state index contributed by atoms with van der Waals surface area (Å²) in [6, 6.07) is 4.92. The summed E-state index contributed by atoms with van der Waals surface area (Å²) in [5.41, 5.74) is 1.23. The maximum Gasteiger partial charge on any atom is 0.240 e. The standard InChI is InChI=1S/C15H23NO4S/c1-12-14(10-17)4-2-5-15(12)21(18,19)16-8-3-9-20-11-13-6-7-13/h2,4-5,13,16-17H,3,6-11H2,1H3. The summed E-state index contributed by atoms with van der Waals surface area (Å²) in [5.74, 6) is 0.727. The van der Waals surface area contributed by atoms with Crippen molar-refractivity contribution in [2.24, 2.45) is 5.92 Å². The van der Waals surface area contributed by atoms with Crippen LogP contribution in [0.15, 0.2) is 23.1 Å². The Bertz CT molecular complexity index is 567. The number of rotatable bonds is 9. The van der Waals surface area contributed by atoms with Gasteiger partial charge in [0.05, 0.1) is 11.5 Å². The van der Waals surface area contributed by atoms with Gasteiger partial charge in [0.15, 0.2) is 0 Å². The number of aliphatic hydroxyl groups excluding tert-OH is 1. The molecule has 1 aromatic rings. The van der Waals surface area contributed by atoms with Crippen LogP contribution in [0.1, 0.15) is 30.4 Å². The van der Waals surface area contributed by atoms with Crippen molar-refractivity contribution in [3.8, 4) is 0 Å². The van der Waals surface area contributed by atoms with Crippen LogP contribution >= 0.6 is 0 Å². The van der Waals surface area contributed by atoms with Crippen LogP contribution in [-0.2, 0) is 21.4 Å². The van der Waals surface area contributed by atoms with E-state index < -0.39 is 10.0 Å². The second-order valence-corrected chi connectivity index (χ2v) is 7.20. The van der Waals surface area contributed by atoms with Crippen molar-refractivity contribution >= 4 is 10.0 Å². The van der Waals surface area contributed by atoms with Crippen LogP contribution < -0.4 is 4.72 Å². The predicted octanol–water partition coefficient (Wildman–Crippen LogP) is 1.58. The van der Waals surface area contributed by atoms with Crippen molar-refractivity contribution < 1.29 is 18.3 Å². The molecular weight excluding hydrogens is 290 g/mol. The Morgan fingerprint density at radius 2 is 2.14 bits per heavy atom. The van der Waals surface area contributed by atoms with E-state index in [1.54, 1.807) is 25.1 Å². The number of sulfonamides is 1. The Morgan fingerprint density at radius 1 is 1.38 bits per heavy atom. The monoisotopic (exact) mass is 313 g/mol. The van der Waals surface area contributed by atoms with E-state index in [2.05, 4.69) is 4.72 Å². The molecule has 0 aliphatic heterocycles. The molecule has 0 unspecified atom stereocenters. The lowest BCUT2D eigenvalue weighted by Crippen LogP contribution is -2.26. The molecule has 1 aliphatic carbocycles. The van der Waals surface area contributed by atoms with Crippen molar-refractivity contribution in [2.75, 3.05) is 19.8 Å². The molecule has 0 spiro atoms. The van der Waals surface area contributed by atoms with Gasteiger partial charge < -0.3 is 9.84 Å². The first-order valence-corrected chi connectivity index (χ1v) is 8.79. The van der Waals surface area contributed by atoms with Gasteiger partial charge in [0.2, 0.25) is 10.0 Å². The van der Waals surface area contributed by atoms with Crippen LogP contribution in [0.2, 0.25) is 0 Å². The molecule has 118 valence electrons. The van der Waals surface area contributed by atoms with E-state index in [-0.39, 0.29) is 11.5 Å². The fraction of sp³-hybridized carbons (Fsp3) is 0.600. The van der Waals surface area contributed by atoms with E-state index in [1.165, 1.54) is 12.8 Å². The molecule has 0 aromatic heterocycles. The Labute approximate surface area is 126 Å². The fourth-order valence-corrected chi connectivity index (χ4v) is 3.48. The molecule has 0 radical (unpaired) electrons. The molecule has 1 aromatic carbocycles. The minimum Gasteiger partial charge on any atom is -0.392 e. The normalized spacial score (nSPS) is 15.3. The Kier molecular flexibility index (Phi) is 5.75. The summed E-state index contributed by atoms with van der Waals surface area (Å²) in [6.07, 6.45) is 3.17. The topological polar surface area (TPSA) is 75.6 Å². The molecule has 0 bridgehead atoms. The molecule has 1 aliphatic rings. The number of hydrogen-bond acceptors (Lipinski definition) is 4. The van der Waals surface area contributed by atoms with Crippen LogP contribution in [0.3, 0.4) is 0 Å². The highest BCUT2D eigenvalue weighted by Crippen LogP contribution is 2.28. The minimum atomic E-state index is -3.53. The van der Waals surface area contributed by atoms with Gasteiger partial charge in [-0.2, -0.15) is 0 Å². The van der Waals surface area contributed by atoms with Crippen LogP contribution in [0.5, 0.6) is 0 Å². The molecule has 1 saturated carbocycles. The van der Waals surface area contributed by atoms with Crippen molar-refractivity contribution in [1.82, 2.24) is 4.72 Å². The van der Waals surface area contributed by atoms with E-state index in [0.29, 0.717) is 30.7 Å². The number of aliphatic hydroxyl groups is 1. The highest BCUT2D eigenvalue weighted by molar-refractivity contribution is 7.89. The second kappa shape index (κ2) is 7.35. The lowest BCUT2D eigenvalue weighted by Gasteiger charge is -2.11. The smallest absolute Gasteiger partial charge is 0.240 e. The molecule has 1 fully saturated rings. The van der Waals surface area contributed by atoms with Gasteiger partial charge in [0.1, 0.15) is 0 Å². The quantitative estimate of drug-likeness (QED) is 0.679. The SMILES string of the molecule is Cc1c(CO)cccc1S(=O)(=O)NCCCOCC1CC1. The second-order valence-electron chi connectivity index (χ2n) is 5.47. The summed E-state index contributed by atoms with van der Waals surface area (Å²) in [6.45, 7) is 3.28.